The van der Waals surface area contributed by atoms with Crippen molar-refractivity contribution in [1.82, 2.24) is 10.3 Å². The van der Waals surface area contributed by atoms with Gasteiger partial charge in [0.25, 0.3) is 5.91 Å². The number of rotatable bonds is 4. The van der Waals surface area contributed by atoms with Crippen molar-refractivity contribution in [2.24, 2.45) is 0 Å². The fraction of sp³-hybridized carbons (Fsp3) is 0.438. The first-order chi connectivity index (χ1) is 10.2. The van der Waals surface area contributed by atoms with E-state index < -0.39 is 0 Å². The second-order valence-electron chi connectivity index (χ2n) is 5.54. The van der Waals surface area contributed by atoms with Gasteiger partial charge in [-0.3, -0.25) is 4.79 Å². The van der Waals surface area contributed by atoms with Gasteiger partial charge in [0, 0.05) is 35.9 Å². The molecule has 4 N–H and O–H groups in total. The van der Waals surface area contributed by atoms with Gasteiger partial charge in [0.1, 0.15) is 0 Å². The lowest BCUT2D eigenvalue weighted by Gasteiger charge is -2.22. The summed E-state index contributed by atoms with van der Waals surface area (Å²) in [7, 11) is 0. The molecule has 0 bridgehead atoms. The molecular formula is C16H21N3O2. The lowest BCUT2D eigenvalue weighted by atomic mass is 10.1. The SMILES string of the molecule is Nc1ccc2c(C(=O)NCCC3CCCCO3)c[nH]c2c1. The highest BCUT2D eigenvalue weighted by Crippen LogP contribution is 2.20. The van der Waals surface area contributed by atoms with E-state index in [0.29, 0.717) is 23.9 Å². The average molecular weight is 287 g/mol. The maximum Gasteiger partial charge on any atom is 0.253 e. The molecule has 1 atom stereocenters. The number of aromatic amines is 1. The third-order valence-corrected chi connectivity index (χ3v) is 3.98. The zero-order chi connectivity index (χ0) is 14.7. The summed E-state index contributed by atoms with van der Waals surface area (Å²) in [6.45, 7) is 1.49. The number of nitrogens with two attached hydrogens (primary N) is 1. The van der Waals surface area contributed by atoms with Gasteiger partial charge in [-0.25, -0.2) is 0 Å². The van der Waals surface area contributed by atoms with Crippen molar-refractivity contribution in [3.05, 3.63) is 30.0 Å². The third kappa shape index (κ3) is 3.19. The highest BCUT2D eigenvalue weighted by molar-refractivity contribution is 6.07. The minimum Gasteiger partial charge on any atom is -0.399 e. The number of ether oxygens (including phenoxy) is 1. The van der Waals surface area contributed by atoms with Crippen LogP contribution in [0.1, 0.15) is 36.0 Å². The summed E-state index contributed by atoms with van der Waals surface area (Å²) in [6.07, 6.45) is 6.38. The summed E-state index contributed by atoms with van der Waals surface area (Å²) in [4.78, 5) is 15.3. The Kier molecular flexibility index (Phi) is 4.10. The van der Waals surface area contributed by atoms with E-state index >= 15 is 0 Å². The molecule has 112 valence electrons. The van der Waals surface area contributed by atoms with Gasteiger partial charge in [-0.2, -0.15) is 0 Å². The van der Waals surface area contributed by atoms with E-state index in [1.807, 2.05) is 18.2 Å². The summed E-state index contributed by atoms with van der Waals surface area (Å²) in [5.41, 5.74) is 7.97. The van der Waals surface area contributed by atoms with Crippen molar-refractivity contribution < 1.29 is 9.53 Å². The molecule has 1 saturated heterocycles. The molecular weight excluding hydrogens is 266 g/mol. The lowest BCUT2D eigenvalue weighted by Crippen LogP contribution is -2.29. The van der Waals surface area contributed by atoms with E-state index in [-0.39, 0.29) is 5.91 Å². The van der Waals surface area contributed by atoms with E-state index in [1.54, 1.807) is 6.20 Å². The molecule has 5 heteroatoms. The van der Waals surface area contributed by atoms with Crippen molar-refractivity contribution in [2.75, 3.05) is 18.9 Å². The first-order valence-corrected chi connectivity index (χ1v) is 7.50. The number of nitrogens with one attached hydrogen (secondary N) is 2. The topological polar surface area (TPSA) is 80.1 Å². The summed E-state index contributed by atoms with van der Waals surface area (Å²) in [6, 6.07) is 5.52. The van der Waals surface area contributed by atoms with Crippen LogP contribution in [0.15, 0.2) is 24.4 Å². The van der Waals surface area contributed by atoms with E-state index in [1.165, 1.54) is 6.42 Å². The first kappa shape index (κ1) is 13.9. The maximum atomic E-state index is 12.2. The highest BCUT2D eigenvalue weighted by atomic mass is 16.5. The molecule has 1 aromatic carbocycles. The molecule has 0 spiro atoms. The number of fused-ring (bicyclic) bond motifs is 1. The van der Waals surface area contributed by atoms with Crippen LogP contribution in [0.4, 0.5) is 5.69 Å². The Morgan fingerprint density at radius 3 is 3.14 bits per heavy atom. The second kappa shape index (κ2) is 6.18. The van der Waals surface area contributed by atoms with Crippen LogP contribution in [0, 0.1) is 0 Å². The van der Waals surface area contributed by atoms with Crippen LogP contribution < -0.4 is 11.1 Å². The number of hydrogen-bond donors (Lipinski definition) is 3. The number of H-pyrrole nitrogens is 1. The summed E-state index contributed by atoms with van der Waals surface area (Å²) >= 11 is 0. The molecule has 2 heterocycles. The number of hydrogen-bond acceptors (Lipinski definition) is 3. The van der Waals surface area contributed by atoms with Crippen LogP contribution in [-0.4, -0.2) is 30.1 Å². The molecule has 0 saturated carbocycles. The van der Waals surface area contributed by atoms with Gasteiger partial charge in [-0.05, 0) is 43.9 Å². The fourth-order valence-corrected chi connectivity index (χ4v) is 2.81. The molecule has 0 radical (unpaired) electrons. The van der Waals surface area contributed by atoms with Gasteiger partial charge in [0.2, 0.25) is 0 Å². The van der Waals surface area contributed by atoms with Crippen LogP contribution in [0.25, 0.3) is 10.9 Å². The third-order valence-electron chi connectivity index (χ3n) is 3.98. The van der Waals surface area contributed by atoms with Crippen molar-refractivity contribution >= 4 is 22.5 Å². The van der Waals surface area contributed by atoms with Gasteiger partial charge in [0.15, 0.2) is 0 Å². The van der Waals surface area contributed by atoms with Gasteiger partial charge in [-0.15, -0.1) is 0 Å². The summed E-state index contributed by atoms with van der Waals surface area (Å²) in [5, 5.41) is 3.87. The molecule has 0 aliphatic carbocycles. The molecule has 21 heavy (non-hydrogen) atoms. The van der Waals surface area contributed by atoms with Gasteiger partial charge < -0.3 is 20.8 Å². The van der Waals surface area contributed by atoms with Crippen molar-refractivity contribution in [3.8, 4) is 0 Å². The number of aromatic nitrogens is 1. The fourth-order valence-electron chi connectivity index (χ4n) is 2.81. The number of carbonyl (C=O) groups is 1. The highest BCUT2D eigenvalue weighted by Gasteiger charge is 2.15. The van der Waals surface area contributed by atoms with Crippen molar-refractivity contribution in [2.45, 2.75) is 31.8 Å². The average Bonchev–Trinajstić information content (AvgIpc) is 2.91. The van der Waals surface area contributed by atoms with Crippen LogP contribution in [0.3, 0.4) is 0 Å². The Bertz CT molecular complexity index is 629. The van der Waals surface area contributed by atoms with E-state index in [0.717, 1.165) is 36.8 Å². The Morgan fingerprint density at radius 2 is 2.33 bits per heavy atom. The standard InChI is InChI=1S/C16H21N3O2/c17-11-4-5-13-14(10-19-15(13)9-11)16(20)18-7-6-12-3-1-2-8-21-12/h4-5,9-10,12,19H,1-3,6-8,17H2,(H,18,20). The zero-order valence-corrected chi connectivity index (χ0v) is 12.0. The Balaban J connectivity index is 1.59. The quantitative estimate of drug-likeness (QED) is 0.756. The summed E-state index contributed by atoms with van der Waals surface area (Å²) < 4.78 is 5.66. The number of nitrogen functional groups attached to an aromatic ring is 1. The molecule has 1 aliphatic heterocycles. The smallest absolute Gasteiger partial charge is 0.253 e. The number of anilines is 1. The number of benzene rings is 1. The molecule has 1 unspecified atom stereocenters. The zero-order valence-electron chi connectivity index (χ0n) is 12.0. The van der Waals surface area contributed by atoms with Crippen molar-refractivity contribution in [3.63, 3.8) is 0 Å². The summed E-state index contributed by atoms with van der Waals surface area (Å²) in [5.74, 6) is -0.0539. The Morgan fingerprint density at radius 1 is 1.43 bits per heavy atom. The van der Waals surface area contributed by atoms with Gasteiger partial charge in [0.05, 0.1) is 11.7 Å². The van der Waals surface area contributed by atoms with Crippen LogP contribution in [-0.2, 0) is 4.74 Å². The number of amides is 1. The predicted molar refractivity (Wildman–Crippen MR) is 83.3 cm³/mol. The molecule has 1 aliphatic rings. The minimum absolute atomic E-state index is 0.0539. The molecule has 2 aromatic rings. The first-order valence-electron chi connectivity index (χ1n) is 7.50. The number of carbonyl (C=O) groups excluding carboxylic acids is 1. The van der Waals surface area contributed by atoms with Crippen LogP contribution in [0.5, 0.6) is 0 Å². The maximum absolute atomic E-state index is 12.2. The second-order valence-corrected chi connectivity index (χ2v) is 5.54. The van der Waals surface area contributed by atoms with E-state index in [9.17, 15) is 4.79 Å². The lowest BCUT2D eigenvalue weighted by molar-refractivity contribution is 0.0117. The normalized spacial score (nSPS) is 18.8. The molecule has 1 fully saturated rings. The molecule has 5 nitrogen and oxygen atoms in total. The monoisotopic (exact) mass is 287 g/mol. The largest absolute Gasteiger partial charge is 0.399 e. The molecule has 3 rings (SSSR count). The predicted octanol–water partition coefficient (Wildman–Crippen LogP) is 2.44. The Hall–Kier alpha value is -2.01. The van der Waals surface area contributed by atoms with E-state index in [2.05, 4.69) is 10.3 Å². The van der Waals surface area contributed by atoms with Gasteiger partial charge >= 0.3 is 0 Å². The van der Waals surface area contributed by atoms with Crippen LogP contribution in [0.2, 0.25) is 0 Å². The molecule has 1 aromatic heterocycles. The Labute approximate surface area is 123 Å². The van der Waals surface area contributed by atoms with E-state index in [4.69, 9.17) is 10.5 Å². The molecule has 1 amide bonds. The van der Waals surface area contributed by atoms with Crippen LogP contribution >= 0.6 is 0 Å². The van der Waals surface area contributed by atoms with Gasteiger partial charge in [-0.1, -0.05) is 0 Å². The minimum atomic E-state index is -0.0539. The van der Waals surface area contributed by atoms with Crippen molar-refractivity contribution in [1.29, 1.82) is 0 Å².